The molecule has 8 nitrogen and oxygen atoms in total. The summed E-state index contributed by atoms with van der Waals surface area (Å²) in [6.45, 7) is 2.27. The number of aromatic amines is 1. The van der Waals surface area contributed by atoms with E-state index < -0.39 is 0 Å². The van der Waals surface area contributed by atoms with Gasteiger partial charge in [0.05, 0.1) is 0 Å². The highest BCUT2D eigenvalue weighted by Gasteiger charge is 2.20. The van der Waals surface area contributed by atoms with Crippen molar-refractivity contribution in [3.63, 3.8) is 0 Å². The minimum atomic E-state index is -0.269. The number of aryl methyl sites for hydroxylation is 1. The van der Waals surface area contributed by atoms with E-state index in [9.17, 15) is 4.79 Å². The third-order valence-electron chi connectivity index (χ3n) is 5.34. The maximum atomic E-state index is 12.6. The van der Waals surface area contributed by atoms with E-state index in [2.05, 4.69) is 37.9 Å². The van der Waals surface area contributed by atoms with Gasteiger partial charge >= 0.3 is 6.01 Å². The largest absolute Gasteiger partial charge is 0.358 e. The predicted octanol–water partition coefficient (Wildman–Crippen LogP) is 3.49. The highest BCUT2D eigenvalue weighted by Crippen LogP contribution is 2.32. The predicted molar refractivity (Wildman–Crippen MR) is 108 cm³/mol. The summed E-state index contributed by atoms with van der Waals surface area (Å²) in [5.74, 6) is 0.806. The summed E-state index contributed by atoms with van der Waals surface area (Å²) < 4.78 is 5.14. The summed E-state index contributed by atoms with van der Waals surface area (Å²) in [5.41, 5.74) is 10.4. The van der Waals surface area contributed by atoms with E-state index in [4.69, 9.17) is 4.52 Å². The molecule has 4 aromatic rings. The number of H-pyrrole nitrogens is 1. The van der Waals surface area contributed by atoms with Gasteiger partial charge in [0, 0.05) is 40.1 Å². The molecule has 3 heterocycles. The number of hydrogen-bond acceptors (Lipinski definition) is 6. The van der Waals surface area contributed by atoms with Crippen molar-refractivity contribution in [2.24, 2.45) is 5.92 Å². The zero-order valence-corrected chi connectivity index (χ0v) is 15.9. The van der Waals surface area contributed by atoms with Gasteiger partial charge in [-0.25, -0.2) is 5.43 Å². The summed E-state index contributed by atoms with van der Waals surface area (Å²) in [5, 5.41) is 5.02. The van der Waals surface area contributed by atoms with Crippen molar-refractivity contribution in [1.82, 2.24) is 25.5 Å². The molecule has 1 atom stereocenters. The maximum absolute atomic E-state index is 12.6. The quantitative estimate of drug-likeness (QED) is 0.462. The Morgan fingerprint density at radius 1 is 1.24 bits per heavy atom. The Morgan fingerprint density at radius 3 is 2.97 bits per heavy atom. The molecule has 3 N–H and O–H groups in total. The van der Waals surface area contributed by atoms with Gasteiger partial charge in [0.2, 0.25) is 5.82 Å². The minimum absolute atomic E-state index is 0.110. The first-order chi connectivity index (χ1) is 14.2. The molecule has 0 radical (unpaired) electrons. The average molecular weight is 388 g/mol. The molecule has 8 heteroatoms. The van der Waals surface area contributed by atoms with Crippen LogP contribution in [0.1, 0.15) is 35.0 Å². The third-order valence-corrected chi connectivity index (χ3v) is 5.34. The fraction of sp³-hybridized carbons (Fsp3) is 0.238. The van der Waals surface area contributed by atoms with Gasteiger partial charge in [-0.1, -0.05) is 12.1 Å². The number of aromatic nitrogens is 4. The van der Waals surface area contributed by atoms with Crippen LogP contribution in [0.25, 0.3) is 22.3 Å². The van der Waals surface area contributed by atoms with E-state index >= 15 is 0 Å². The van der Waals surface area contributed by atoms with Gasteiger partial charge in [-0.15, -0.1) is 0 Å². The van der Waals surface area contributed by atoms with Crippen LogP contribution in [0.15, 0.2) is 47.2 Å². The smallest absolute Gasteiger partial charge is 0.340 e. The molecule has 0 saturated carbocycles. The summed E-state index contributed by atoms with van der Waals surface area (Å²) in [4.78, 5) is 24.3. The molecule has 5 rings (SSSR count). The molecule has 0 spiro atoms. The molecular weight excluding hydrogens is 368 g/mol. The number of carbonyl (C=O) groups is 1. The van der Waals surface area contributed by atoms with E-state index in [0.717, 1.165) is 29.3 Å². The normalized spacial score (nSPS) is 15.8. The number of fused-ring (bicyclic) bond motifs is 3. The maximum Gasteiger partial charge on any atom is 0.340 e. The fourth-order valence-corrected chi connectivity index (χ4v) is 3.81. The van der Waals surface area contributed by atoms with Crippen molar-refractivity contribution >= 4 is 22.8 Å². The molecule has 0 aliphatic heterocycles. The average Bonchev–Trinajstić information content (AvgIpc) is 3.37. The van der Waals surface area contributed by atoms with Crippen LogP contribution in [0.5, 0.6) is 0 Å². The van der Waals surface area contributed by atoms with E-state index in [-0.39, 0.29) is 11.9 Å². The molecule has 1 amide bonds. The molecule has 1 aromatic carbocycles. The Morgan fingerprint density at radius 2 is 2.10 bits per heavy atom. The van der Waals surface area contributed by atoms with Crippen LogP contribution in [0.4, 0.5) is 6.01 Å². The molecule has 146 valence electrons. The van der Waals surface area contributed by atoms with Gasteiger partial charge in [0.25, 0.3) is 5.91 Å². The monoisotopic (exact) mass is 388 g/mol. The number of nitrogens with zero attached hydrogens (tertiary/aromatic N) is 3. The van der Waals surface area contributed by atoms with Crippen molar-refractivity contribution in [2.45, 2.75) is 26.2 Å². The van der Waals surface area contributed by atoms with E-state index in [1.54, 1.807) is 30.6 Å². The van der Waals surface area contributed by atoms with Gasteiger partial charge in [-0.2, -0.15) is 4.98 Å². The number of nitrogens with one attached hydrogen (secondary N) is 3. The van der Waals surface area contributed by atoms with Crippen LogP contribution >= 0.6 is 0 Å². The zero-order valence-electron chi connectivity index (χ0n) is 15.9. The van der Waals surface area contributed by atoms with Crippen LogP contribution in [0.3, 0.4) is 0 Å². The lowest BCUT2D eigenvalue weighted by atomic mass is 9.87. The second kappa shape index (κ2) is 7.05. The molecule has 1 unspecified atom stereocenters. The van der Waals surface area contributed by atoms with E-state index in [0.29, 0.717) is 17.3 Å². The molecule has 1 aliphatic rings. The number of amides is 1. The number of anilines is 1. The first-order valence-corrected chi connectivity index (χ1v) is 9.61. The molecule has 0 bridgehead atoms. The Kier molecular flexibility index (Phi) is 4.23. The van der Waals surface area contributed by atoms with Crippen LogP contribution in [0.2, 0.25) is 0 Å². The lowest BCUT2D eigenvalue weighted by Gasteiger charge is -2.18. The van der Waals surface area contributed by atoms with Crippen molar-refractivity contribution < 1.29 is 9.32 Å². The Bertz CT molecular complexity index is 1180. The zero-order chi connectivity index (χ0) is 19.8. The molecule has 1 aliphatic carbocycles. The number of hydrazine groups is 1. The fourth-order valence-electron chi connectivity index (χ4n) is 3.81. The number of hydrogen-bond donors (Lipinski definition) is 3. The topological polar surface area (TPSA) is 109 Å². The second-order valence-corrected chi connectivity index (χ2v) is 7.43. The highest BCUT2D eigenvalue weighted by atomic mass is 16.5. The number of benzene rings is 1. The summed E-state index contributed by atoms with van der Waals surface area (Å²) in [7, 11) is 0. The summed E-state index contributed by atoms with van der Waals surface area (Å²) in [6.07, 6.45) is 6.60. The third kappa shape index (κ3) is 3.33. The molecule has 3 aromatic heterocycles. The van der Waals surface area contributed by atoms with Gasteiger partial charge in [-0.05, 0) is 61.1 Å². The number of carbonyl (C=O) groups excluding carboxylic acids is 1. The lowest BCUT2D eigenvalue weighted by Crippen LogP contribution is -2.29. The summed E-state index contributed by atoms with van der Waals surface area (Å²) in [6, 6.07) is 9.37. The van der Waals surface area contributed by atoms with E-state index in [1.165, 1.54) is 17.7 Å². The van der Waals surface area contributed by atoms with Crippen molar-refractivity contribution in [1.29, 1.82) is 0 Å². The first-order valence-electron chi connectivity index (χ1n) is 9.61. The van der Waals surface area contributed by atoms with Gasteiger partial charge in [0.1, 0.15) is 0 Å². The van der Waals surface area contributed by atoms with Crippen LogP contribution < -0.4 is 10.9 Å². The molecule has 0 fully saturated rings. The highest BCUT2D eigenvalue weighted by molar-refractivity contribution is 5.99. The summed E-state index contributed by atoms with van der Waals surface area (Å²) >= 11 is 0. The SMILES string of the molecule is CC1CCc2[nH]c3ccc(C(=O)NNc4nc(-c5ccncc5)no4)cc3c2C1. The van der Waals surface area contributed by atoms with E-state index in [1.807, 2.05) is 12.1 Å². The first kappa shape index (κ1) is 17.4. The lowest BCUT2D eigenvalue weighted by molar-refractivity contribution is 0.0961. The van der Waals surface area contributed by atoms with Crippen LogP contribution in [-0.2, 0) is 12.8 Å². The standard InChI is InChI=1S/C21H20N6O2/c1-12-2-4-17-15(10-12)16-11-14(3-5-18(16)23-17)20(28)25-26-21-24-19(27-29-21)13-6-8-22-9-7-13/h3,5-9,11-12,23H,2,4,10H2,1H3,(H,25,28)(H,24,26,27). The van der Waals surface area contributed by atoms with Gasteiger partial charge in [-0.3, -0.25) is 15.2 Å². The van der Waals surface area contributed by atoms with Crippen LogP contribution in [-0.4, -0.2) is 26.0 Å². The molecular formula is C21H20N6O2. The second-order valence-electron chi connectivity index (χ2n) is 7.43. The van der Waals surface area contributed by atoms with Gasteiger partial charge < -0.3 is 9.51 Å². The molecule has 0 saturated heterocycles. The van der Waals surface area contributed by atoms with Crippen molar-refractivity contribution in [3.05, 3.63) is 59.5 Å². The molecule has 29 heavy (non-hydrogen) atoms. The Hall–Kier alpha value is -3.68. The minimum Gasteiger partial charge on any atom is -0.358 e. The number of rotatable bonds is 4. The number of pyridine rings is 1. The van der Waals surface area contributed by atoms with Gasteiger partial charge in [0.15, 0.2) is 0 Å². The van der Waals surface area contributed by atoms with Crippen LogP contribution in [0, 0.1) is 5.92 Å². The van der Waals surface area contributed by atoms with Crippen molar-refractivity contribution in [2.75, 3.05) is 5.43 Å². The Labute approximate surface area is 166 Å². The van der Waals surface area contributed by atoms with Crippen molar-refractivity contribution in [3.8, 4) is 11.4 Å². The Balaban J connectivity index is 1.32.